The molecule has 1 amide bonds. The SMILES string of the molecule is Cc1ccc(NC(=O)c2ccc3nc(C)c(C)n3n2)c(Br)c1. The van der Waals surface area contributed by atoms with Crippen molar-refractivity contribution in [3.8, 4) is 0 Å². The molecule has 5 nitrogen and oxygen atoms in total. The number of amides is 1. The van der Waals surface area contributed by atoms with Crippen molar-refractivity contribution >= 4 is 33.2 Å². The second-order valence-corrected chi connectivity index (χ2v) is 6.06. The van der Waals surface area contributed by atoms with Gasteiger partial charge in [-0.25, -0.2) is 9.50 Å². The van der Waals surface area contributed by atoms with Crippen molar-refractivity contribution in [1.82, 2.24) is 14.6 Å². The molecule has 3 rings (SSSR count). The van der Waals surface area contributed by atoms with Crippen LogP contribution in [0.2, 0.25) is 0 Å². The number of hydrogen-bond donors (Lipinski definition) is 1. The van der Waals surface area contributed by atoms with E-state index in [1.165, 1.54) is 0 Å². The van der Waals surface area contributed by atoms with Crippen LogP contribution in [0.1, 0.15) is 27.4 Å². The fraction of sp³-hybridized carbons (Fsp3) is 0.188. The van der Waals surface area contributed by atoms with E-state index in [4.69, 9.17) is 0 Å². The Kier molecular flexibility index (Phi) is 3.70. The van der Waals surface area contributed by atoms with Gasteiger partial charge in [-0.15, -0.1) is 0 Å². The van der Waals surface area contributed by atoms with Crippen LogP contribution in [-0.4, -0.2) is 20.5 Å². The van der Waals surface area contributed by atoms with Crippen LogP contribution in [0.4, 0.5) is 5.69 Å². The van der Waals surface area contributed by atoms with Crippen molar-refractivity contribution in [2.75, 3.05) is 5.32 Å². The lowest BCUT2D eigenvalue weighted by molar-refractivity contribution is 0.102. The Morgan fingerprint density at radius 3 is 2.68 bits per heavy atom. The first-order chi connectivity index (χ1) is 10.5. The van der Waals surface area contributed by atoms with Gasteiger partial charge in [-0.05, 0) is 66.5 Å². The number of fused-ring (bicyclic) bond motifs is 1. The number of anilines is 1. The van der Waals surface area contributed by atoms with E-state index in [0.717, 1.165) is 32.8 Å². The number of nitrogens with zero attached hydrogens (tertiary/aromatic N) is 3. The zero-order valence-corrected chi connectivity index (χ0v) is 14.1. The molecule has 0 bridgehead atoms. The molecule has 0 spiro atoms. The van der Waals surface area contributed by atoms with Crippen LogP contribution in [0, 0.1) is 20.8 Å². The summed E-state index contributed by atoms with van der Waals surface area (Å²) in [6.07, 6.45) is 0. The van der Waals surface area contributed by atoms with Crippen molar-refractivity contribution in [2.24, 2.45) is 0 Å². The van der Waals surface area contributed by atoms with Gasteiger partial charge in [0.15, 0.2) is 5.65 Å². The second kappa shape index (κ2) is 5.53. The molecule has 6 heteroatoms. The van der Waals surface area contributed by atoms with Gasteiger partial charge < -0.3 is 5.32 Å². The van der Waals surface area contributed by atoms with Crippen molar-refractivity contribution < 1.29 is 4.79 Å². The average Bonchev–Trinajstić information content (AvgIpc) is 2.77. The lowest BCUT2D eigenvalue weighted by Gasteiger charge is -2.08. The summed E-state index contributed by atoms with van der Waals surface area (Å²) in [5, 5.41) is 7.23. The smallest absolute Gasteiger partial charge is 0.276 e. The van der Waals surface area contributed by atoms with Crippen LogP contribution in [0.15, 0.2) is 34.8 Å². The highest BCUT2D eigenvalue weighted by atomic mass is 79.9. The first-order valence-corrected chi connectivity index (χ1v) is 7.65. The van der Waals surface area contributed by atoms with E-state index in [2.05, 4.69) is 31.3 Å². The van der Waals surface area contributed by atoms with Crippen LogP contribution in [0.25, 0.3) is 5.65 Å². The summed E-state index contributed by atoms with van der Waals surface area (Å²) in [7, 11) is 0. The number of halogens is 1. The van der Waals surface area contributed by atoms with E-state index in [0.29, 0.717) is 5.69 Å². The molecule has 0 saturated heterocycles. The highest BCUT2D eigenvalue weighted by Crippen LogP contribution is 2.23. The quantitative estimate of drug-likeness (QED) is 0.760. The number of nitrogens with one attached hydrogen (secondary N) is 1. The monoisotopic (exact) mass is 358 g/mol. The maximum Gasteiger partial charge on any atom is 0.276 e. The highest BCUT2D eigenvalue weighted by Gasteiger charge is 2.13. The van der Waals surface area contributed by atoms with Crippen LogP contribution >= 0.6 is 15.9 Å². The molecular weight excluding hydrogens is 344 g/mol. The molecule has 0 aliphatic heterocycles. The summed E-state index contributed by atoms with van der Waals surface area (Å²) in [6, 6.07) is 9.24. The van der Waals surface area contributed by atoms with E-state index in [1.807, 2.05) is 39.0 Å². The normalized spacial score (nSPS) is 10.9. The predicted octanol–water partition coefficient (Wildman–Crippen LogP) is 3.67. The molecule has 0 atom stereocenters. The first kappa shape index (κ1) is 14.7. The average molecular weight is 359 g/mol. The Labute approximate surface area is 136 Å². The van der Waals surface area contributed by atoms with Gasteiger partial charge in [0.05, 0.1) is 17.1 Å². The Hall–Kier alpha value is -2.21. The topological polar surface area (TPSA) is 59.3 Å². The molecular formula is C16H15BrN4O. The van der Waals surface area contributed by atoms with E-state index < -0.39 is 0 Å². The van der Waals surface area contributed by atoms with Crippen molar-refractivity contribution in [3.63, 3.8) is 0 Å². The standard InChI is InChI=1S/C16H15BrN4O/c1-9-4-5-13(12(17)8-9)19-16(22)14-6-7-15-18-10(2)11(3)21(15)20-14/h4-8H,1-3H3,(H,19,22). The minimum Gasteiger partial charge on any atom is -0.320 e. The zero-order valence-electron chi connectivity index (χ0n) is 12.5. The molecule has 1 N–H and O–H groups in total. The van der Waals surface area contributed by atoms with E-state index >= 15 is 0 Å². The summed E-state index contributed by atoms with van der Waals surface area (Å²) >= 11 is 3.45. The first-order valence-electron chi connectivity index (χ1n) is 6.86. The Morgan fingerprint density at radius 2 is 1.95 bits per heavy atom. The highest BCUT2D eigenvalue weighted by molar-refractivity contribution is 9.10. The fourth-order valence-corrected chi connectivity index (χ4v) is 2.78. The van der Waals surface area contributed by atoms with Crippen molar-refractivity contribution in [2.45, 2.75) is 20.8 Å². The molecule has 0 aliphatic rings. The molecule has 22 heavy (non-hydrogen) atoms. The minimum atomic E-state index is -0.253. The number of aryl methyl sites for hydroxylation is 3. The van der Waals surface area contributed by atoms with Gasteiger partial charge in [-0.2, -0.15) is 5.10 Å². The maximum atomic E-state index is 12.4. The molecule has 0 fully saturated rings. The molecule has 2 heterocycles. The number of rotatable bonds is 2. The van der Waals surface area contributed by atoms with Crippen molar-refractivity contribution in [1.29, 1.82) is 0 Å². The Morgan fingerprint density at radius 1 is 1.18 bits per heavy atom. The van der Waals surface area contributed by atoms with Crippen LogP contribution < -0.4 is 5.32 Å². The number of aromatic nitrogens is 3. The summed E-state index contributed by atoms with van der Waals surface area (Å²) in [5.41, 5.74) is 4.76. The predicted molar refractivity (Wildman–Crippen MR) is 89.3 cm³/mol. The van der Waals surface area contributed by atoms with Crippen LogP contribution in [0.5, 0.6) is 0 Å². The Bertz CT molecular complexity index is 885. The summed E-state index contributed by atoms with van der Waals surface area (Å²) in [5.74, 6) is -0.253. The number of imidazole rings is 1. The van der Waals surface area contributed by atoms with Gasteiger partial charge >= 0.3 is 0 Å². The third-order valence-electron chi connectivity index (χ3n) is 3.54. The van der Waals surface area contributed by atoms with E-state index in [9.17, 15) is 4.79 Å². The Balaban J connectivity index is 1.93. The molecule has 0 radical (unpaired) electrons. The molecule has 0 saturated carbocycles. The molecule has 0 aliphatic carbocycles. The van der Waals surface area contributed by atoms with E-state index in [-0.39, 0.29) is 5.91 Å². The summed E-state index contributed by atoms with van der Waals surface area (Å²) in [6.45, 7) is 5.85. The van der Waals surface area contributed by atoms with Crippen LogP contribution in [-0.2, 0) is 0 Å². The maximum absolute atomic E-state index is 12.4. The van der Waals surface area contributed by atoms with Gasteiger partial charge in [0.25, 0.3) is 5.91 Å². The third-order valence-corrected chi connectivity index (χ3v) is 4.20. The zero-order chi connectivity index (χ0) is 15.9. The minimum absolute atomic E-state index is 0.253. The molecule has 2 aromatic heterocycles. The lowest BCUT2D eigenvalue weighted by atomic mass is 10.2. The van der Waals surface area contributed by atoms with E-state index in [1.54, 1.807) is 16.6 Å². The number of hydrogen-bond acceptors (Lipinski definition) is 3. The largest absolute Gasteiger partial charge is 0.320 e. The molecule has 1 aromatic carbocycles. The fourth-order valence-electron chi connectivity index (χ4n) is 2.18. The van der Waals surface area contributed by atoms with Crippen LogP contribution in [0.3, 0.4) is 0 Å². The number of carbonyl (C=O) groups is 1. The van der Waals surface area contributed by atoms with Gasteiger partial charge in [0.2, 0.25) is 0 Å². The molecule has 112 valence electrons. The number of benzene rings is 1. The van der Waals surface area contributed by atoms with Gasteiger partial charge in [0.1, 0.15) is 5.69 Å². The van der Waals surface area contributed by atoms with Crippen molar-refractivity contribution in [3.05, 3.63) is 57.4 Å². The summed E-state index contributed by atoms with van der Waals surface area (Å²) < 4.78 is 2.53. The van der Waals surface area contributed by atoms with Gasteiger partial charge in [0, 0.05) is 4.47 Å². The third kappa shape index (κ3) is 2.62. The number of carbonyl (C=O) groups excluding carboxylic acids is 1. The lowest BCUT2D eigenvalue weighted by Crippen LogP contribution is -2.15. The summed E-state index contributed by atoms with van der Waals surface area (Å²) in [4.78, 5) is 16.8. The van der Waals surface area contributed by atoms with Gasteiger partial charge in [-0.3, -0.25) is 4.79 Å². The molecule has 3 aromatic rings. The second-order valence-electron chi connectivity index (χ2n) is 5.21. The molecule has 0 unspecified atom stereocenters. The van der Waals surface area contributed by atoms with Gasteiger partial charge in [-0.1, -0.05) is 6.07 Å².